The second-order valence-electron chi connectivity index (χ2n) is 4.78. The monoisotopic (exact) mass is 250 g/mol. The molecule has 1 fully saturated rings. The summed E-state index contributed by atoms with van der Waals surface area (Å²) in [4.78, 5) is 2.36. The Kier molecular flexibility index (Phi) is 4.75. The van der Waals surface area contributed by atoms with Crippen molar-refractivity contribution in [2.75, 3.05) is 36.5 Å². The number of benzene rings is 1. The largest absolute Gasteiger partial charge is 0.375 e. The van der Waals surface area contributed by atoms with Crippen molar-refractivity contribution >= 4 is 17.4 Å². The van der Waals surface area contributed by atoms with Gasteiger partial charge in [-0.1, -0.05) is 12.1 Å². The molecule has 1 aliphatic heterocycles. The van der Waals surface area contributed by atoms with E-state index in [1.807, 2.05) is 0 Å². The summed E-state index contributed by atoms with van der Waals surface area (Å²) in [6.45, 7) is 4.45. The number of hydrogen-bond acceptors (Lipinski definition) is 3. The van der Waals surface area contributed by atoms with Gasteiger partial charge in [-0.05, 0) is 31.0 Å². The van der Waals surface area contributed by atoms with Crippen LogP contribution < -0.4 is 10.2 Å². The van der Waals surface area contributed by atoms with E-state index in [2.05, 4.69) is 60.2 Å². The summed E-state index contributed by atoms with van der Waals surface area (Å²) in [5.74, 6) is 2.53. The zero-order valence-electron chi connectivity index (χ0n) is 10.8. The van der Waals surface area contributed by atoms with Crippen molar-refractivity contribution in [2.24, 2.45) is 0 Å². The first-order valence-corrected chi connectivity index (χ1v) is 7.50. The molecule has 0 amide bonds. The molecule has 17 heavy (non-hydrogen) atoms. The summed E-state index contributed by atoms with van der Waals surface area (Å²) in [5, 5.41) is 3.59. The Bertz CT molecular complexity index is 348. The van der Waals surface area contributed by atoms with Gasteiger partial charge in [0.1, 0.15) is 0 Å². The van der Waals surface area contributed by atoms with E-state index in [-0.39, 0.29) is 0 Å². The number of aryl methyl sites for hydroxylation is 1. The predicted octanol–water partition coefficient (Wildman–Crippen LogP) is 2.53. The van der Waals surface area contributed by atoms with Crippen LogP contribution in [0.1, 0.15) is 12.0 Å². The zero-order chi connectivity index (χ0) is 12.1. The highest BCUT2D eigenvalue weighted by atomic mass is 32.2. The molecule has 1 aromatic carbocycles. The molecule has 1 aromatic rings. The lowest BCUT2D eigenvalue weighted by atomic mass is 10.2. The minimum Gasteiger partial charge on any atom is -0.375 e. The summed E-state index contributed by atoms with van der Waals surface area (Å²) in [6.07, 6.45) is 1.23. The van der Waals surface area contributed by atoms with Crippen LogP contribution in [0, 0.1) is 6.92 Å². The van der Waals surface area contributed by atoms with Crippen molar-refractivity contribution in [3.05, 3.63) is 29.8 Å². The molecule has 1 N–H and O–H groups in total. The van der Waals surface area contributed by atoms with E-state index in [1.165, 1.54) is 35.7 Å². The molecule has 1 saturated heterocycles. The van der Waals surface area contributed by atoms with Gasteiger partial charge in [0.15, 0.2) is 0 Å². The topological polar surface area (TPSA) is 15.3 Å². The number of nitrogens with one attached hydrogen (secondary N) is 1. The highest BCUT2D eigenvalue weighted by molar-refractivity contribution is 7.99. The first kappa shape index (κ1) is 12.8. The maximum absolute atomic E-state index is 3.59. The minimum atomic E-state index is 0.695. The Labute approximate surface area is 109 Å². The Morgan fingerprint density at radius 2 is 2.35 bits per heavy atom. The molecule has 0 bridgehead atoms. The van der Waals surface area contributed by atoms with E-state index in [0.717, 1.165) is 6.54 Å². The maximum atomic E-state index is 3.59. The molecule has 1 unspecified atom stereocenters. The fraction of sp³-hybridized carbons (Fsp3) is 0.571. The van der Waals surface area contributed by atoms with Gasteiger partial charge in [0.25, 0.3) is 0 Å². The third-order valence-corrected chi connectivity index (χ3v) is 4.38. The van der Waals surface area contributed by atoms with E-state index in [4.69, 9.17) is 0 Å². The van der Waals surface area contributed by atoms with Crippen LogP contribution in [0.5, 0.6) is 0 Å². The fourth-order valence-corrected chi connectivity index (χ4v) is 3.15. The van der Waals surface area contributed by atoms with Gasteiger partial charge in [0.2, 0.25) is 0 Å². The smallest absolute Gasteiger partial charge is 0.0366 e. The standard InChI is InChI=1S/C14H22N2S/c1-12-4-3-5-14(10-12)16(2)8-6-13-11-17-9-7-15-13/h3-5,10,13,15H,6-9,11H2,1-2H3. The van der Waals surface area contributed by atoms with E-state index < -0.39 is 0 Å². The molecule has 0 spiro atoms. The third kappa shape index (κ3) is 3.93. The lowest BCUT2D eigenvalue weighted by Crippen LogP contribution is -2.39. The predicted molar refractivity (Wildman–Crippen MR) is 78.2 cm³/mol. The van der Waals surface area contributed by atoms with Crippen molar-refractivity contribution in [2.45, 2.75) is 19.4 Å². The molecule has 0 aromatic heterocycles. The molecule has 1 aliphatic rings. The number of nitrogens with zero attached hydrogens (tertiary/aromatic N) is 1. The molecular formula is C14H22N2S. The van der Waals surface area contributed by atoms with Crippen LogP contribution in [0.3, 0.4) is 0 Å². The van der Waals surface area contributed by atoms with Crippen LogP contribution in [-0.4, -0.2) is 37.7 Å². The molecule has 94 valence electrons. The molecule has 0 radical (unpaired) electrons. The van der Waals surface area contributed by atoms with Gasteiger partial charge in [-0.2, -0.15) is 11.8 Å². The average Bonchev–Trinajstić information content (AvgIpc) is 2.37. The molecule has 2 rings (SSSR count). The quantitative estimate of drug-likeness (QED) is 0.884. The molecule has 2 nitrogen and oxygen atoms in total. The van der Waals surface area contributed by atoms with Gasteiger partial charge < -0.3 is 10.2 Å². The van der Waals surface area contributed by atoms with Gasteiger partial charge in [-0.15, -0.1) is 0 Å². The summed E-state index contributed by atoms with van der Waals surface area (Å²) in [7, 11) is 2.19. The zero-order valence-corrected chi connectivity index (χ0v) is 11.6. The molecular weight excluding hydrogens is 228 g/mol. The fourth-order valence-electron chi connectivity index (χ4n) is 2.15. The second-order valence-corrected chi connectivity index (χ2v) is 5.93. The van der Waals surface area contributed by atoms with Gasteiger partial charge in [-0.3, -0.25) is 0 Å². The van der Waals surface area contributed by atoms with Gasteiger partial charge in [0.05, 0.1) is 0 Å². The summed E-state index contributed by atoms with van der Waals surface area (Å²) < 4.78 is 0. The minimum absolute atomic E-state index is 0.695. The van der Waals surface area contributed by atoms with Crippen molar-refractivity contribution in [1.82, 2.24) is 5.32 Å². The molecule has 3 heteroatoms. The van der Waals surface area contributed by atoms with E-state index in [0.29, 0.717) is 6.04 Å². The van der Waals surface area contributed by atoms with Crippen LogP contribution >= 0.6 is 11.8 Å². The number of hydrogen-bond donors (Lipinski definition) is 1. The van der Waals surface area contributed by atoms with Crippen LogP contribution in [-0.2, 0) is 0 Å². The van der Waals surface area contributed by atoms with Crippen LogP contribution in [0.2, 0.25) is 0 Å². The van der Waals surface area contributed by atoms with Crippen molar-refractivity contribution in [3.63, 3.8) is 0 Å². The summed E-state index contributed by atoms with van der Waals surface area (Å²) >= 11 is 2.07. The molecule has 1 heterocycles. The van der Waals surface area contributed by atoms with Crippen LogP contribution in [0.15, 0.2) is 24.3 Å². The summed E-state index contributed by atoms with van der Waals surface area (Å²) in [6, 6.07) is 9.42. The van der Waals surface area contributed by atoms with Gasteiger partial charge >= 0.3 is 0 Å². The molecule has 0 saturated carbocycles. The normalized spacial score (nSPS) is 20.2. The Hall–Kier alpha value is -0.670. The Balaban J connectivity index is 1.82. The summed E-state index contributed by atoms with van der Waals surface area (Å²) in [5.41, 5.74) is 2.66. The van der Waals surface area contributed by atoms with Crippen molar-refractivity contribution in [3.8, 4) is 0 Å². The van der Waals surface area contributed by atoms with Crippen LogP contribution in [0.4, 0.5) is 5.69 Å². The Morgan fingerprint density at radius 1 is 1.47 bits per heavy atom. The van der Waals surface area contributed by atoms with Crippen molar-refractivity contribution in [1.29, 1.82) is 0 Å². The highest BCUT2D eigenvalue weighted by Crippen LogP contribution is 2.16. The highest BCUT2D eigenvalue weighted by Gasteiger charge is 2.13. The van der Waals surface area contributed by atoms with E-state index in [9.17, 15) is 0 Å². The third-order valence-electron chi connectivity index (χ3n) is 3.25. The number of rotatable bonds is 4. The van der Waals surface area contributed by atoms with Gasteiger partial charge in [0, 0.05) is 43.4 Å². The second kappa shape index (κ2) is 6.31. The average molecular weight is 250 g/mol. The first-order chi connectivity index (χ1) is 8.25. The maximum Gasteiger partial charge on any atom is 0.0366 e. The van der Waals surface area contributed by atoms with Gasteiger partial charge in [-0.25, -0.2) is 0 Å². The first-order valence-electron chi connectivity index (χ1n) is 6.34. The SMILES string of the molecule is Cc1cccc(N(C)CCC2CSCCN2)c1. The lowest BCUT2D eigenvalue weighted by molar-refractivity contribution is 0.530. The molecule has 1 atom stereocenters. The van der Waals surface area contributed by atoms with E-state index in [1.54, 1.807) is 0 Å². The molecule has 0 aliphatic carbocycles. The Morgan fingerprint density at radius 3 is 3.06 bits per heavy atom. The number of thioether (sulfide) groups is 1. The van der Waals surface area contributed by atoms with Crippen LogP contribution in [0.25, 0.3) is 0 Å². The lowest BCUT2D eigenvalue weighted by Gasteiger charge is -2.26. The number of anilines is 1. The van der Waals surface area contributed by atoms with E-state index >= 15 is 0 Å². The van der Waals surface area contributed by atoms with Crippen molar-refractivity contribution < 1.29 is 0 Å².